The van der Waals surface area contributed by atoms with Crippen LogP contribution < -0.4 is 20.3 Å². The van der Waals surface area contributed by atoms with Gasteiger partial charge in [0.25, 0.3) is 0 Å². The quantitative estimate of drug-likeness (QED) is 0.130. The number of amides is 1. The molecule has 3 heterocycles. The van der Waals surface area contributed by atoms with Gasteiger partial charge in [0.2, 0.25) is 17.5 Å². The zero-order chi connectivity index (χ0) is 30.5. The van der Waals surface area contributed by atoms with Crippen molar-refractivity contribution in [1.82, 2.24) is 20.2 Å². The van der Waals surface area contributed by atoms with Gasteiger partial charge in [0.1, 0.15) is 5.82 Å². The number of nitro benzene ring substituents is 1. The monoisotopic (exact) mass is 612 g/mol. The first-order chi connectivity index (χ1) is 20.7. The Bertz CT molecular complexity index is 1660. The van der Waals surface area contributed by atoms with Gasteiger partial charge in [-0.2, -0.15) is 9.49 Å². The molecule has 0 bridgehead atoms. The topological polar surface area (TPSA) is 160 Å². The average Bonchev–Trinajstić information content (AvgIpc) is 3.39. The number of nitrogens with one attached hydrogen (secondary N) is 3. The molecule has 1 fully saturated rings. The molecule has 1 amide bonds. The standard InChI is InChI=1S/C27H26F2N8O5S/c1-15-12-21(35-34-15)31-25-24(41-2)26(36-8-10-42-11-9-36)33-27(32-25)43-20-7-6-17(14-18(20)28)30-22(38)13-16-4-3-5-19(23(16)29)37(39)40/h3-7,12,14H,8-11,13H2,1-2H3,(H,30,38)(H2,31,32,33,34,35). The molecule has 0 radical (unpaired) electrons. The summed E-state index contributed by atoms with van der Waals surface area (Å²) in [6.07, 6.45) is -0.471. The fraction of sp³-hybridized carbons (Fsp3) is 0.259. The van der Waals surface area contributed by atoms with Gasteiger partial charge in [0, 0.05) is 42.2 Å². The summed E-state index contributed by atoms with van der Waals surface area (Å²) in [5, 5.41) is 23.9. The lowest BCUT2D eigenvalue weighted by Gasteiger charge is -2.29. The van der Waals surface area contributed by atoms with Crippen molar-refractivity contribution < 1.29 is 28.0 Å². The van der Waals surface area contributed by atoms with Gasteiger partial charge in [-0.1, -0.05) is 12.1 Å². The molecule has 0 saturated carbocycles. The number of carbonyl (C=O) groups excluding carboxylic acids is 1. The summed E-state index contributed by atoms with van der Waals surface area (Å²) in [7, 11) is 1.51. The normalized spacial score (nSPS) is 13.1. The minimum Gasteiger partial charge on any atom is -0.490 e. The third-order valence-electron chi connectivity index (χ3n) is 6.32. The van der Waals surface area contributed by atoms with Crippen molar-refractivity contribution in [2.24, 2.45) is 0 Å². The van der Waals surface area contributed by atoms with Gasteiger partial charge in [-0.3, -0.25) is 20.0 Å². The maximum atomic E-state index is 15.2. The number of morpholine rings is 1. The number of halogens is 2. The first kappa shape index (κ1) is 29.7. The Morgan fingerprint density at radius 3 is 2.67 bits per heavy atom. The number of nitro groups is 1. The largest absolute Gasteiger partial charge is 0.490 e. The van der Waals surface area contributed by atoms with Gasteiger partial charge in [-0.05, 0) is 36.9 Å². The van der Waals surface area contributed by atoms with Crippen LogP contribution in [-0.4, -0.2) is 64.4 Å². The van der Waals surface area contributed by atoms with Crippen LogP contribution in [-0.2, 0) is 16.0 Å². The van der Waals surface area contributed by atoms with Gasteiger partial charge in [0.05, 0.1) is 36.6 Å². The molecule has 1 saturated heterocycles. The lowest BCUT2D eigenvalue weighted by atomic mass is 10.1. The first-order valence-corrected chi connectivity index (χ1v) is 13.8. The van der Waals surface area contributed by atoms with Crippen molar-refractivity contribution in [2.75, 3.05) is 48.9 Å². The number of anilines is 4. The number of rotatable bonds is 10. The minimum absolute atomic E-state index is 0.124. The van der Waals surface area contributed by atoms with E-state index in [1.807, 2.05) is 11.8 Å². The number of benzene rings is 2. The summed E-state index contributed by atoms with van der Waals surface area (Å²) in [4.78, 5) is 34.0. The molecule has 1 aliphatic rings. The molecular weight excluding hydrogens is 586 g/mol. The van der Waals surface area contributed by atoms with Crippen LogP contribution in [0.5, 0.6) is 5.75 Å². The van der Waals surface area contributed by atoms with E-state index in [1.165, 1.54) is 31.4 Å². The van der Waals surface area contributed by atoms with E-state index in [2.05, 4.69) is 30.8 Å². The third kappa shape index (κ3) is 6.98. The molecule has 0 atom stereocenters. The molecule has 16 heteroatoms. The van der Waals surface area contributed by atoms with Crippen LogP contribution in [0, 0.1) is 28.7 Å². The molecule has 0 unspecified atom stereocenters. The molecular formula is C27H26F2N8O5S. The summed E-state index contributed by atoms with van der Waals surface area (Å²) in [5.74, 6) is -0.666. The zero-order valence-electron chi connectivity index (χ0n) is 23.0. The summed E-state index contributed by atoms with van der Waals surface area (Å²) in [6.45, 7) is 4.01. The number of carbonyl (C=O) groups is 1. The Morgan fingerprint density at radius 1 is 1.21 bits per heavy atom. The second-order valence-electron chi connectivity index (χ2n) is 9.35. The van der Waals surface area contributed by atoms with E-state index in [0.717, 1.165) is 29.6 Å². The Morgan fingerprint density at radius 2 is 2.00 bits per heavy atom. The summed E-state index contributed by atoms with van der Waals surface area (Å²) in [5.41, 5.74) is 0.0798. The van der Waals surface area contributed by atoms with Crippen LogP contribution in [0.4, 0.5) is 37.6 Å². The van der Waals surface area contributed by atoms with E-state index in [-0.39, 0.29) is 21.3 Å². The van der Waals surface area contributed by atoms with Crippen molar-refractivity contribution >= 4 is 46.5 Å². The van der Waals surface area contributed by atoms with Gasteiger partial charge in [-0.25, -0.2) is 14.4 Å². The SMILES string of the molecule is COc1c(Nc2cc(C)[nH]n2)nc(Sc2ccc(NC(=O)Cc3cccc([N+](=O)[O-])c3F)cc2F)nc1N1CCOCC1. The minimum atomic E-state index is -1.09. The Balaban J connectivity index is 1.36. The number of aryl methyl sites for hydroxylation is 1. The van der Waals surface area contributed by atoms with Gasteiger partial charge < -0.3 is 25.0 Å². The number of H-pyrrole nitrogens is 1. The number of nitrogens with zero attached hydrogens (tertiary/aromatic N) is 5. The predicted octanol–water partition coefficient (Wildman–Crippen LogP) is 4.62. The van der Waals surface area contributed by atoms with Crippen molar-refractivity contribution in [3.05, 3.63) is 75.5 Å². The summed E-state index contributed by atoms with van der Waals surface area (Å²) < 4.78 is 40.7. The fourth-order valence-electron chi connectivity index (χ4n) is 4.31. The van der Waals surface area contributed by atoms with E-state index in [1.54, 1.807) is 6.07 Å². The number of hydrogen-bond donors (Lipinski definition) is 3. The molecule has 2 aromatic heterocycles. The highest BCUT2D eigenvalue weighted by molar-refractivity contribution is 7.99. The van der Waals surface area contributed by atoms with E-state index in [4.69, 9.17) is 9.47 Å². The van der Waals surface area contributed by atoms with Gasteiger partial charge in [-0.15, -0.1) is 0 Å². The molecule has 224 valence electrons. The van der Waals surface area contributed by atoms with E-state index in [9.17, 15) is 19.3 Å². The van der Waals surface area contributed by atoms with Crippen molar-refractivity contribution in [2.45, 2.75) is 23.4 Å². The van der Waals surface area contributed by atoms with Crippen molar-refractivity contribution in [3.8, 4) is 5.75 Å². The average molecular weight is 613 g/mol. The Labute approximate surface area is 248 Å². The highest BCUT2D eigenvalue weighted by Gasteiger charge is 2.24. The van der Waals surface area contributed by atoms with Crippen LogP contribution >= 0.6 is 11.8 Å². The maximum absolute atomic E-state index is 15.2. The molecule has 0 aliphatic carbocycles. The number of methoxy groups -OCH3 is 1. The van der Waals surface area contributed by atoms with Crippen LogP contribution in [0.25, 0.3) is 0 Å². The number of aromatic amines is 1. The number of aromatic nitrogens is 4. The maximum Gasteiger partial charge on any atom is 0.305 e. The van der Waals surface area contributed by atoms with Gasteiger partial charge >= 0.3 is 5.69 Å². The second-order valence-corrected chi connectivity index (χ2v) is 10.4. The second kappa shape index (κ2) is 13.0. The molecule has 5 rings (SSSR count). The van der Waals surface area contributed by atoms with E-state index in [0.29, 0.717) is 49.5 Å². The molecule has 2 aromatic carbocycles. The van der Waals surface area contributed by atoms with E-state index >= 15 is 4.39 Å². The number of ether oxygens (including phenoxy) is 2. The molecule has 4 aromatic rings. The molecule has 1 aliphatic heterocycles. The van der Waals surface area contributed by atoms with Crippen LogP contribution in [0.15, 0.2) is 52.5 Å². The van der Waals surface area contributed by atoms with Gasteiger partial charge in [0.15, 0.2) is 22.6 Å². The predicted molar refractivity (Wildman–Crippen MR) is 154 cm³/mol. The fourth-order valence-corrected chi connectivity index (χ4v) is 5.07. The van der Waals surface area contributed by atoms with Crippen LogP contribution in [0.1, 0.15) is 11.3 Å². The molecule has 0 spiro atoms. The highest BCUT2D eigenvalue weighted by Crippen LogP contribution is 2.39. The lowest BCUT2D eigenvalue weighted by Crippen LogP contribution is -2.37. The van der Waals surface area contributed by atoms with Crippen molar-refractivity contribution in [1.29, 1.82) is 0 Å². The number of hydrogen-bond acceptors (Lipinski definition) is 11. The molecule has 3 N–H and O–H groups in total. The smallest absolute Gasteiger partial charge is 0.305 e. The summed E-state index contributed by atoms with van der Waals surface area (Å²) >= 11 is 0.973. The highest BCUT2D eigenvalue weighted by atomic mass is 32.2. The van der Waals surface area contributed by atoms with Crippen molar-refractivity contribution in [3.63, 3.8) is 0 Å². The molecule has 43 heavy (non-hydrogen) atoms. The Kier molecular flexibility index (Phi) is 8.96. The lowest BCUT2D eigenvalue weighted by molar-refractivity contribution is -0.387. The molecule has 13 nitrogen and oxygen atoms in total. The third-order valence-corrected chi connectivity index (χ3v) is 7.23. The summed E-state index contributed by atoms with van der Waals surface area (Å²) in [6, 6.07) is 9.42. The first-order valence-electron chi connectivity index (χ1n) is 13.0. The van der Waals surface area contributed by atoms with E-state index < -0.39 is 34.6 Å². The van der Waals surface area contributed by atoms with Crippen LogP contribution in [0.2, 0.25) is 0 Å². The van der Waals surface area contributed by atoms with Crippen LogP contribution in [0.3, 0.4) is 0 Å². The Hall–Kier alpha value is -4.83. The zero-order valence-corrected chi connectivity index (χ0v) is 23.8.